The van der Waals surface area contributed by atoms with Gasteiger partial charge in [-0.25, -0.2) is 0 Å². The SMILES string of the molecule is CCCCC1COC(=O)CCCCC(=O)OCC(CC)(CCCC)C1C. The lowest BCUT2D eigenvalue weighted by Gasteiger charge is -2.42. The fourth-order valence-corrected chi connectivity index (χ4v) is 4.11. The first-order valence-electron chi connectivity index (χ1n) is 10.8. The molecular weight excluding hydrogens is 328 g/mol. The third-order valence-electron chi connectivity index (χ3n) is 6.32. The van der Waals surface area contributed by atoms with Crippen molar-refractivity contribution in [2.45, 2.75) is 98.3 Å². The van der Waals surface area contributed by atoms with Crippen LogP contribution in [0.4, 0.5) is 0 Å². The van der Waals surface area contributed by atoms with E-state index in [1.54, 1.807) is 0 Å². The van der Waals surface area contributed by atoms with Gasteiger partial charge >= 0.3 is 11.9 Å². The van der Waals surface area contributed by atoms with Crippen LogP contribution in [-0.2, 0) is 19.1 Å². The number of esters is 2. The van der Waals surface area contributed by atoms with Crippen LogP contribution in [0.25, 0.3) is 0 Å². The predicted octanol–water partition coefficient (Wildman–Crippen LogP) is 5.68. The second kappa shape index (κ2) is 12.3. The quantitative estimate of drug-likeness (QED) is 0.543. The van der Waals surface area contributed by atoms with Crippen molar-refractivity contribution in [1.29, 1.82) is 0 Å². The molecule has 0 N–H and O–H groups in total. The van der Waals surface area contributed by atoms with E-state index >= 15 is 0 Å². The first-order valence-corrected chi connectivity index (χ1v) is 10.8. The molecule has 1 saturated heterocycles. The molecule has 0 aromatic carbocycles. The van der Waals surface area contributed by atoms with Gasteiger partial charge in [0.15, 0.2) is 0 Å². The summed E-state index contributed by atoms with van der Waals surface area (Å²) in [6.45, 7) is 9.89. The number of hydrogen-bond acceptors (Lipinski definition) is 4. The molecule has 152 valence electrons. The Labute approximate surface area is 160 Å². The Kier molecular flexibility index (Phi) is 10.9. The van der Waals surface area contributed by atoms with Gasteiger partial charge in [-0.15, -0.1) is 0 Å². The van der Waals surface area contributed by atoms with Gasteiger partial charge in [-0.2, -0.15) is 0 Å². The molecule has 0 aromatic heterocycles. The fraction of sp³-hybridized carbons (Fsp3) is 0.909. The highest BCUT2D eigenvalue weighted by atomic mass is 16.5. The average molecular weight is 369 g/mol. The van der Waals surface area contributed by atoms with Gasteiger partial charge in [0.25, 0.3) is 0 Å². The van der Waals surface area contributed by atoms with Crippen molar-refractivity contribution >= 4 is 11.9 Å². The topological polar surface area (TPSA) is 52.6 Å². The van der Waals surface area contributed by atoms with Gasteiger partial charge in [-0.3, -0.25) is 9.59 Å². The minimum Gasteiger partial charge on any atom is -0.465 e. The average Bonchev–Trinajstić information content (AvgIpc) is 2.65. The Morgan fingerprint density at radius 3 is 2.15 bits per heavy atom. The highest BCUT2D eigenvalue weighted by Gasteiger charge is 2.40. The van der Waals surface area contributed by atoms with Gasteiger partial charge in [0, 0.05) is 18.3 Å². The summed E-state index contributed by atoms with van der Waals surface area (Å²) in [5.41, 5.74) is -0.0233. The molecule has 4 heteroatoms. The van der Waals surface area contributed by atoms with E-state index in [4.69, 9.17) is 9.47 Å². The third kappa shape index (κ3) is 7.28. The molecule has 1 fully saturated rings. The van der Waals surface area contributed by atoms with E-state index in [0.29, 0.717) is 50.7 Å². The molecule has 26 heavy (non-hydrogen) atoms. The molecule has 1 aliphatic rings. The summed E-state index contributed by atoms with van der Waals surface area (Å²) in [6, 6.07) is 0. The van der Waals surface area contributed by atoms with Gasteiger partial charge in [0.05, 0.1) is 13.2 Å². The minimum atomic E-state index is -0.123. The minimum absolute atomic E-state index is 0.0233. The number of ether oxygens (including phenoxy) is 2. The smallest absolute Gasteiger partial charge is 0.305 e. The number of unbranched alkanes of at least 4 members (excludes halogenated alkanes) is 2. The highest BCUT2D eigenvalue weighted by molar-refractivity contribution is 5.70. The Morgan fingerprint density at radius 1 is 0.962 bits per heavy atom. The molecule has 1 rings (SSSR count). The maximum atomic E-state index is 12.2. The maximum Gasteiger partial charge on any atom is 0.305 e. The van der Waals surface area contributed by atoms with Gasteiger partial charge in [0.2, 0.25) is 0 Å². The Morgan fingerprint density at radius 2 is 1.58 bits per heavy atom. The molecule has 0 aliphatic carbocycles. The van der Waals surface area contributed by atoms with Crippen LogP contribution in [0.1, 0.15) is 98.3 Å². The summed E-state index contributed by atoms with van der Waals surface area (Å²) in [5, 5.41) is 0. The first kappa shape index (κ1) is 23.0. The molecule has 1 aliphatic heterocycles. The molecule has 0 bridgehead atoms. The lowest BCUT2D eigenvalue weighted by molar-refractivity contribution is -0.150. The summed E-state index contributed by atoms with van der Waals surface area (Å²) in [5.74, 6) is 0.438. The van der Waals surface area contributed by atoms with Crippen molar-refractivity contribution in [3.8, 4) is 0 Å². The van der Waals surface area contributed by atoms with E-state index in [-0.39, 0.29) is 17.4 Å². The molecule has 1 heterocycles. The van der Waals surface area contributed by atoms with E-state index in [1.807, 2.05) is 0 Å². The zero-order chi connectivity index (χ0) is 19.4. The van der Waals surface area contributed by atoms with Crippen molar-refractivity contribution in [2.75, 3.05) is 13.2 Å². The number of hydrogen-bond donors (Lipinski definition) is 0. The van der Waals surface area contributed by atoms with Crippen molar-refractivity contribution < 1.29 is 19.1 Å². The van der Waals surface area contributed by atoms with E-state index in [2.05, 4.69) is 27.7 Å². The predicted molar refractivity (Wildman–Crippen MR) is 105 cm³/mol. The standard InChI is InChI=1S/C22H40O4/c1-5-8-12-19-16-25-20(23)13-10-11-14-21(24)26-17-22(7-3,18(19)4)15-9-6-2/h18-19H,5-17H2,1-4H3. The zero-order valence-electron chi connectivity index (χ0n) is 17.5. The van der Waals surface area contributed by atoms with Crippen molar-refractivity contribution in [2.24, 2.45) is 17.3 Å². The monoisotopic (exact) mass is 368 g/mol. The van der Waals surface area contributed by atoms with Gasteiger partial charge in [-0.05, 0) is 43.9 Å². The zero-order valence-corrected chi connectivity index (χ0v) is 17.5. The molecular formula is C22H40O4. The van der Waals surface area contributed by atoms with Crippen molar-refractivity contribution in [3.63, 3.8) is 0 Å². The lowest BCUT2D eigenvalue weighted by Crippen LogP contribution is -2.40. The Hall–Kier alpha value is -1.06. The van der Waals surface area contributed by atoms with Crippen LogP contribution in [0.15, 0.2) is 0 Å². The number of carbonyl (C=O) groups excluding carboxylic acids is 2. The van der Waals surface area contributed by atoms with Crippen LogP contribution in [0, 0.1) is 17.3 Å². The van der Waals surface area contributed by atoms with Crippen LogP contribution in [0.3, 0.4) is 0 Å². The van der Waals surface area contributed by atoms with Gasteiger partial charge in [-0.1, -0.05) is 53.4 Å². The molecule has 0 radical (unpaired) electrons. The van der Waals surface area contributed by atoms with Crippen LogP contribution >= 0.6 is 0 Å². The van der Waals surface area contributed by atoms with E-state index in [0.717, 1.165) is 44.9 Å². The first-order chi connectivity index (χ1) is 12.5. The van der Waals surface area contributed by atoms with Crippen molar-refractivity contribution in [3.05, 3.63) is 0 Å². The Bertz CT molecular complexity index is 420. The summed E-state index contributed by atoms with van der Waals surface area (Å²) in [4.78, 5) is 24.2. The maximum absolute atomic E-state index is 12.2. The van der Waals surface area contributed by atoms with E-state index in [1.165, 1.54) is 0 Å². The third-order valence-corrected chi connectivity index (χ3v) is 6.32. The molecule has 3 unspecified atom stereocenters. The fourth-order valence-electron chi connectivity index (χ4n) is 4.11. The van der Waals surface area contributed by atoms with Crippen molar-refractivity contribution in [1.82, 2.24) is 0 Å². The summed E-state index contributed by atoms with van der Waals surface area (Å²) in [7, 11) is 0. The Balaban J connectivity index is 3.05. The summed E-state index contributed by atoms with van der Waals surface area (Å²) in [6.07, 6.45) is 9.84. The summed E-state index contributed by atoms with van der Waals surface area (Å²) >= 11 is 0. The molecule has 0 amide bonds. The number of carbonyl (C=O) groups is 2. The molecule has 0 aromatic rings. The van der Waals surface area contributed by atoms with Gasteiger partial charge in [0.1, 0.15) is 0 Å². The molecule has 3 atom stereocenters. The summed E-state index contributed by atoms with van der Waals surface area (Å²) < 4.78 is 11.4. The van der Waals surface area contributed by atoms with Gasteiger partial charge < -0.3 is 9.47 Å². The highest BCUT2D eigenvalue weighted by Crippen LogP contribution is 2.43. The second-order valence-electron chi connectivity index (χ2n) is 8.06. The molecule has 0 spiro atoms. The van der Waals surface area contributed by atoms with Crippen LogP contribution < -0.4 is 0 Å². The number of rotatable bonds is 7. The van der Waals surface area contributed by atoms with Crippen LogP contribution in [0.5, 0.6) is 0 Å². The largest absolute Gasteiger partial charge is 0.465 e. The molecule has 0 saturated carbocycles. The van der Waals surface area contributed by atoms with E-state index < -0.39 is 0 Å². The van der Waals surface area contributed by atoms with Crippen LogP contribution in [-0.4, -0.2) is 25.2 Å². The normalized spacial score (nSPS) is 29.1. The lowest BCUT2D eigenvalue weighted by atomic mass is 9.65. The van der Waals surface area contributed by atoms with Crippen LogP contribution in [0.2, 0.25) is 0 Å². The van der Waals surface area contributed by atoms with E-state index in [9.17, 15) is 9.59 Å². The second-order valence-corrected chi connectivity index (χ2v) is 8.06. The molecule has 4 nitrogen and oxygen atoms in total. The number of cyclic esters (lactones) is 2.